The molecule has 1 aliphatic carbocycles. The van der Waals surface area contributed by atoms with Gasteiger partial charge in [-0.05, 0) is 31.2 Å². The summed E-state index contributed by atoms with van der Waals surface area (Å²) in [6.07, 6.45) is 4.72. The summed E-state index contributed by atoms with van der Waals surface area (Å²) in [6, 6.07) is 2.54. The summed E-state index contributed by atoms with van der Waals surface area (Å²) < 4.78 is 0. The second-order valence-electron chi connectivity index (χ2n) is 4.71. The van der Waals surface area contributed by atoms with Gasteiger partial charge in [0.2, 0.25) is 0 Å². The van der Waals surface area contributed by atoms with Crippen molar-refractivity contribution in [2.24, 2.45) is 11.8 Å². The standard InChI is InChI=1S/C12H22N2/c1-4-14-12(9-13)8-6-5-7-11(12)10(2)3/h10-11,14H,4-8H2,1-3H3. The van der Waals surface area contributed by atoms with E-state index in [1.807, 2.05) is 0 Å². The average Bonchev–Trinajstić information content (AvgIpc) is 2.18. The van der Waals surface area contributed by atoms with Crippen molar-refractivity contribution in [2.45, 2.75) is 52.0 Å². The molecule has 1 saturated carbocycles. The van der Waals surface area contributed by atoms with Crippen LogP contribution in [0.1, 0.15) is 46.5 Å². The third-order valence-corrected chi connectivity index (χ3v) is 3.47. The molecule has 0 aromatic carbocycles. The first-order chi connectivity index (χ1) is 6.66. The van der Waals surface area contributed by atoms with E-state index in [0.29, 0.717) is 11.8 Å². The highest BCUT2D eigenvalue weighted by Gasteiger charge is 2.41. The Morgan fingerprint density at radius 1 is 1.50 bits per heavy atom. The summed E-state index contributed by atoms with van der Waals surface area (Å²) >= 11 is 0. The van der Waals surface area contributed by atoms with Crippen molar-refractivity contribution in [3.8, 4) is 6.07 Å². The molecule has 0 bridgehead atoms. The summed E-state index contributed by atoms with van der Waals surface area (Å²) in [5, 5.41) is 12.8. The first-order valence-corrected chi connectivity index (χ1v) is 5.82. The Hall–Kier alpha value is -0.550. The van der Waals surface area contributed by atoms with E-state index in [1.165, 1.54) is 19.3 Å². The zero-order chi connectivity index (χ0) is 10.6. The van der Waals surface area contributed by atoms with Gasteiger partial charge in [-0.15, -0.1) is 0 Å². The largest absolute Gasteiger partial charge is 0.299 e. The molecule has 0 aromatic rings. The maximum Gasteiger partial charge on any atom is 0.109 e. The normalized spacial score (nSPS) is 32.9. The van der Waals surface area contributed by atoms with E-state index in [2.05, 4.69) is 32.2 Å². The first kappa shape index (κ1) is 11.5. The van der Waals surface area contributed by atoms with Crippen LogP contribution in [-0.4, -0.2) is 12.1 Å². The summed E-state index contributed by atoms with van der Waals surface area (Å²) in [5.74, 6) is 1.13. The predicted octanol–water partition coefficient (Wildman–Crippen LogP) is 2.70. The topological polar surface area (TPSA) is 35.8 Å². The molecule has 1 N–H and O–H groups in total. The van der Waals surface area contributed by atoms with Gasteiger partial charge in [0.25, 0.3) is 0 Å². The van der Waals surface area contributed by atoms with Crippen LogP contribution in [0.5, 0.6) is 0 Å². The zero-order valence-electron chi connectivity index (χ0n) is 9.64. The third-order valence-electron chi connectivity index (χ3n) is 3.47. The summed E-state index contributed by atoms with van der Waals surface area (Å²) in [5.41, 5.74) is -0.235. The van der Waals surface area contributed by atoms with Crippen molar-refractivity contribution in [3.05, 3.63) is 0 Å². The smallest absolute Gasteiger partial charge is 0.109 e. The molecule has 14 heavy (non-hydrogen) atoms. The summed E-state index contributed by atoms with van der Waals surface area (Å²) in [4.78, 5) is 0. The molecular weight excluding hydrogens is 172 g/mol. The SMILES string of the molecule is CCNC1(C#N)CCCCC1C(C)C. The van der Waals surface area contributed by atoms with Crippen LogP contribution in [0.2, 0.25) is 0 Å². The Morgan fingerprint density at radius 2 is 2.21 bits per heavy atom. The molecule has 1 fully saturated rings. The predicted molar refractivity (Wildman–Crippen MR) is 58.8 cm³/mol. The Morgan fingerprint density at radius 3 is 2.71 bits per heavy atom. The van der Waals surface area contributed by atoms with Gasteiger partial charge in [0.1, 0.15) is 5.54 Å². The number of nitrogens with zero attached hydrogens (tertiary/aromatic N) is 1. The van der Waals surface area contributed by atoms with Gasteiger partial charge >= 0.3 is 0 Å². The van der Waals surface area contributed by atoms with Gasteiger partial charge < -0.3 is 0 Å². The van der Waals surface area contributed by atoms with Crippen LogP contribution in [0.25, 0.3) is 0 Å². The summed E-state index contributed by atoms with van der Waals surface area (Å²) in [7, 11) is 0. The van der Waals surface area contributed by atoms with Crippen LogP contribution < -0.4 is 5.32 Å². The minimum absolute atomic E-state index is 0.235. The van der Waals surface area contributed by atoms with Crippen molar-refractivity contribution in [3.63, 3.8) is 0 Å². The maximum absolute atomic E-state index is 9.38. The van der Waals surface area contributed by atoms with Gasteiger partial charge in [0.15, 0.2) is 0 Å². The van der Waals surface area contributed by atoms with Crippen LogP contribution in [0.3, 0.4) is 0 Å². The number of hydrogen-bond donors (Lipinski definition) is 1. The molecule has 0 amide bonds. The van der Waals surface area contributed by atoms with Crippen molar-refractivity contribution >= 4 is 0 Å². The van der Waals surface area contributed by atoms with E-state index in [1.54, 1.807) is 0 Å². The highest BCUT2D eigenvalue weighted by molar-refractivity contribution is 5.12. The molecule has 0 radical (unpaired) electrons. The minimum Gasteiger partial charge on any atom is -0.299 e. The van der Waals surface area contributed by atoms with E-state index in [0.717, 1.165) is 13.0 Å². The molecule has 0 heterocycles. The van der Waals surface area contributed by atoms with Gasteiger partial charge in [0, 0.05) is 0 Å². The van der Waals surface area contributed by atoms with Gasteiger partial charge in [-0.3, -0.25) is 5.32 Å². The Balaban J connectivity index is 2.82. The molecule has 2 unspecified atom stereocenters. The monoisotopic (exact) mass is 194 g/mol. The number of rotatable bonds is 3. The lowest BCUT2D eigenvalue weighted by molar-refractivity contribution is 0.152. The van der Waals surface area contributed by atoms with Crippen LogP contribution >= 0.6 is 0 Å². The maximum atomic E-state index is 9.38. The quantitative estimate of drug-likeness (QED) is 0.750. The van der Waals surface area contributed by atoms with E-state index >= 15 is 0 Å². The van der Waals surface area contributed by atoms with Crippen LogP contribution in [0.4, 0.5) is 0 Å². The molecule has 80 valence electrons. The number of hydrogen-bond acceptors (Lipinski definition) is 2. The Kier molecular flexibility index (Phi) is 3.95. The number of nitrogens with one attached hydrogen (secondary N) is 1. The van der Waals surface area contributed by atoms with E-state index in [-0.39, 0.29) is 5.54 Å². The molecule has 2 heteroatoms. The molecule has 2 atom stereocenters. The molecular formula is C12H22N2. The van der Waals surface area contributed by atoms with Gasteiger partial charge in [-0.1, -0.05) is 33.6 Å². The molecule has 0 aliphatic heterocycles. The van der Waals surface area contributed by atoms with Crippen molar-refractivity contribution < 1.29 is 0 Å². The number of nitriles is 1. The first-order valence-electron chi connectivity index (χ1n) is 5.82. The van der Waals surface area contributed by atoms with Crippen LogP contribution in [-0.2, 0) is 0 Å². The van der Waals surface area contributed by atoms with E-state index in [4.69, 9.17) is 0 Å². The highest BCUT2D eigenvalue weighted by atomic mass is 15.0. The lowest BCUT2D eigenvalue weighted by atomic mass is 9.68. The highest BCUT2D eigenvalue weighted by Crippen LogP contribution is 2.37. The average molecular weight is 194 g/mol. The summed E-state index contributed by atoms with van der Waals surface area (Å²) in [6.45, 7) is 7.46. The Labute approximate surface area is 87.7 Å². The molecule has 1 aliphatic rings. The molecule has 1 rings (SSSR count). The van der Waals surface area contributed by atoms with Crippen molar-refractivity contribution in [1.29, 1.82) is 5.26 Å². The van der Waals surface area contributed by atoms with Crippen molar-refractivity contribution in [1.82, 2.24) is 5.32 Å². The zero-order valence-corrected chi connectivity index (χ0v) is 9.64. The molecule has 0 saturated heterocycles. The van der Waals surface area contributed by atoms with Gasteiger partial charge in [-0.25, -0.2) is 0 Å². The van der Waals surface area contributed by atoms with E-state index < -0.39 is 0 Å². The Bertz CT molecular complexity index is 213. The lowest BCUT2D eigenvalue weighted by Crippen LogP contribution is -2.53. The fraction of sp³-hybridized carbons (Fsp3) is 0.917. The van der Waals surface area contributed by atoms with Crippen LogP contribution in [0.15, 0.2) is 0 Å². The second-order valence-corrected chi connectivity index (χ2v) is 4.71. The molecule has 0 spiro atoms. The molecule has 2 nitrogen and oxygen atoms in total. The molecule has 0 aromatic heterocycles. The van der Waals surface area contributed by atoms with Gasteiger partial charge in [0.05, 0.1) is 6.07 Å². The van der Waals surface area contributed by atoms with E-state index in [9.17, 15) is 5.26 Å². The van der Waals surface area contributed by atoms with Gasteiger partial charge in [-0.2, -0.15) is 5.26 Å². The fourth-order valence-corrected chi connectivity index (χ4v) is 2.82. The second kappa shape index (κ2) is 4.79. The fourth-order valence-electron chi connectivity index (χ4n) is 2.82. The van der Waals surface area contributed by atoms with Crippen LogP contribution in [0, 0.1) is 23.2 Å². The van der Waals surface area contributed by atoms with Crippen molar-refractivity contribution in [2.75, 3.05) is 6.54 Å². The lowest BCUT2D eigenvalue weighted by Gasteiger charge is -2.41. The minimum atomic E-state index is -0.235. The third kappa shape index (κ3) is 2.09.